The monoisotopic (exact) mass is 491 g/mol. The third-order valence-corrected chi connectivity index (χ3v) is 6.49. The first-order valence-corrected chi connectivity index (χ1v) is 12.1. The molecule has 36 heavy (non-hydrogen) atoms. The van der Waals surface area contributed by atoms with Gasteiger partial charge in [0.15, 0.2) is 0 Å². The fourth-order valence-electron chi connectivity index (χ4n) is 4.40. The van der Waals surface area contributed by atoms with Crippen LogP contribution < -0.4 is 39.4 Å². The molecule has 4 rings (SSSR count). The van der Waals surface area contributed by atoms with E-state index in [-0.39, 0.29) is 41.0 Å². The Morgan fingerprint density at radius 1 is 0.861 bits per heavy atom. The van der Waals surface area contributed by atoms with Gasteiger partial charge in [0.05, 0.1) is 13.1 Å². The van der Waals surface area contributed by atoms with Crippen molar-refractivity contribution >= 4 is 11.9 Å². The summed E-state index contributed by atoms with van der Waals surface area (Å²) in [6.07, 6.45) is 7.96. The van der Waals surface area contributed by atoms with Gasteiger partial charge in [0.1, 0.15) is 5.75 Å². The number of benzene rings is 3. The normalized spacial score (nSPS) is 12.8. The summed E-state index contributed by atoms with van der Waals surface area (Å²) in [5.41, 5.74) is 5.20. The molecule has 0 heterocycles. The van der Waals surface area contributed by atoms with E-state index in [1.807, 2.05) is 53.4 Å². The van der Waals surface area contributed by atoms with E-state index in [2.05, 4.69) is 6.08 Å². The third-order valence-electron chi connectivity index (χ3n) is 6.49. The topological polar surface area (TPSA) is 69.7 Å². The number of hydrogen-bond acceptors (Lipinski definition) is 4. The number of nitrogens with zero attached hydrogens (tertiary/aromatic N) is 1. The molecular formula is C30H30NNaO4. The number of carbonyl (C=O) groups is 2. The summed E-state index contributed by atoms with van der Waals surface area (Å²) >= 11 is 0. The zero-order chi connectivity index (χ0) is 24.6. The molecule has 0 unspecified atom stereocenters. The van der Waals surface area contributed by atoms with Gasteiger partial charge in [0, 0.05) is 18.7 Å². The van der Waals surface area contributed by atoms with E-state index < -0.39 is 5.97 Å². The molecule has 0 bridgehead atoms. The van der Waals surface area contributed by atoms with Crippen molar-refractivity contribution in [3.63, 3.8) is 0 Å². The van der Waals surface area contributed by atoms with Crippen LogP contribution in [0.3, 0.4) is 0 Å². The maximum Gasteiger partial charge on any atom is 1.00 e. The van der Waals surface area contributed by atoms with Gasteiger partial charge in [0.25, 0.3) is 5.91 Å². The van der Waals surface area contributed by atoms with Crippen LogP contribution in [0.5, 0.6) is 5.75 Å². The predicted molar refractivity (Wildman–Crippen MR) is 135 cm³/mol. The number of methoxy groups -OCH3 is 1. The first-order valence-electron chi connectivity index (χ1n) is 12.1. The van der Waals surface area contributed by atoms with E-state index in [1.165, 1.54) is 18.4 Å². The molecule has 3 aromatic rings. The molecule has 180 valence electrons. The molecule has 0 aromatic heterocycles. The number of hydrogen-bond donors (Lipinski definition) is 0. The Bertz CT molecular complexity index is 1190. The Balaban J connectivity index is 0.00000361. The second-order valence-corrected chi connectivity index (χ2v) is 8.88. The molecule has 1 amide bonds. The molecule has 3 aromatic carbocycles. The Hall–Kier alpha value is -2.86. The Labute approximate surface area is 235 Å². The van der Waals surface area contributed by atoms with Crippen molar-refractivity contribution in [3.8, 4) is 16.9 Å². The van der Waals surface area contributed by atoms with Gasteiger partial charge < -0.3 is 19.5 Å². The second-order valence-electron chi connectivity index (χ2n) is 8.88. The van der Waals surface area contributed by atoms with E-state index >= 15 is 0 Å². The van der Waals surface area contributed by atoms with Gasteiger partial charge in [-0.25, -0.2) is 0 Å². The Morgan fingerprint density at radius 2 is 1.47 bits per heavy atom. The minimum atomic E-state index is -1.18. The maximum absolute atomic E-state index is 13.4. The number of allylic oxidation sites excluding steroid dienone is 1. The number of ether oxygens (including phenoxy) is 1. The summed E-state index contributed by atoms with van der Waals surface area (Å²) in [6.45, 7) is 1.19. The number of carboxylic acids is 1. The molecule has 0 saturated heterocycles. The van der Waals surface area contributed by atoms with Gasteiger partial charge >= 0.3 is 29.6 Å². The molecule has 1 aliphatic rings. The van der Waals surface area contributed by atoms with Crippen molar-refractivity contribution in [2.24, 2.45) is 0 Å². The molecule has 0 spiro atoms. The zero-order valence-electron chi connectivity index (χ0n) is 21.0. The Morgan fingerprint density at radius 3 is 2.03 bits per heavy atom. The number of carboxylic acid groups (broad SMARTS) is 1. The van der Waals surface area contributed by atoms with Crippen LogP contribution in [0.1, 0.15) is 58.4 Å². The van der Waals surface area contributed by atoms with Crippen molar-refractivity contribution in [1.29, 1.82) is 0 Å². The van der Waals surface area contributed by atoms with Crippen LogP contribution in [-0.2, 0) is 6.54 Å². The fourth-order valence-corrected chi connectivity index (χ4v) is 4.40. The zero-order valence-corrected chi connectivity index (χ0v) is 23.0. The first-order chi connectivity index (χ1) is 17.0. The SMILES string of the molecule is COc1ccc(C(=O)N(CCC2=CCCCC2)Cc2ccc(-c3ccc(C(=O)[O-])cc3)cc2)cc1.[Na+]. The quantitative estimate of drug-likeness (QED) is 0.340. The van der Waals surface area contributed by atoms with Crippen molar-refractivity contribution in [1.82, 2.24) is 4.90 Å². The number of aromatic carboxylic acids is 1. The van der Waals surface area contributed by atoms with Crippen molar-refractivity contribution < 1.29 is 49.0 Å². The van der Waals surface area contributed by atoms with E-state index in [9.17, 15) is 14.7 Å². The molecule has 0 aliphatic heterocycles. The maximum atomic E-state index is 13.4. The van der Waals surface area contributed by atoms with Gasteiger partial charge in [0.2, 0.25) is 0 Å². The van der Waals surface area contributed by atoms with Crippen molar-refractivity contribution in [2.45, 2.75) is 38.6 Å². The Kier molecular flexibility index (Phi) is 10.4. The molecule has 0 radical (unpaired) electrons. The van der Waals surface area contributed by atoms with Crippen molar-refractivity contribution in [3.05, 3.63) is 101 Å². The summed E-state index contributed by atoms with van der Waals surface area (Å²) in [7, 11) is 1.61. The standard InChI is InChI=1S/C30H31NO4.Na/c1-35-28-17-15-26(16-18-28)29(32)31(20-19-22-5-3-2-4-6-22)21-23-7-9-24(10-8-23)25-11-13-27(14-12-25)30(33)34;/h5,7-18H,2-4,6,19-21H2,1H3,(H,33,34);/q;+1/p-1. The largest absolute Gasteiger partial charge is 1.00 e. The molecule has 0 fully saturated rings. The van der Waals surface area contributed by atoms with E-state index in [4.69, 9.17) is 4.74 Å². The minimum absolute atomic E-state index is 0. The molecule has 0 N–H and O–H groups in total. The van der Waals surface area contributed by atoms with E-state index in [1.54, 1.807) is 31.4 Å². The molecule has 0 atom stereocenters. The summed E-state index contributed by atoms with van der Waals surface area (Å²) < 4.78 is 5.23. The van der Waals surface area contributed by atoms with Crippen LogP contribution in [0.2, 0.25) is 0 Å². The fraction of sp³-hybridized carbons (Fsp3) is 0.267. The first kappa shape index (κ1) is 27.7. The van der Waals surface area contributed by atoms with Crippen molar-refractivity contribution in [2.75, 3.05) is 13.7 Å². The molecule has 5 nitrogen and oxygen atoms in total. The molecule has 1 aliphatic carbocycles. The van der Waals surface area contributed by atoms with Crippen LogP contribution in [0.25, 0.3) is 11.1 Å². The molecule has 6 heteroatoms. The van der Waals surface area contributed by atoms with E-state index in [0.717, 1.165) is 41.7 Å². The number of carbonyl (C=O) groups excluding carboxylic acids is 2. The van der Waals surface area contributed by atoms with Crippen LogP contribution in [0.15, 0.2) is 84.4 Å². The van der Waals surface area contributed by atoms with Crippen LogP contribution in [0, 0.1) is 0 Å². The van der Waals surface area contributed by atoms with Crippen LogP contribution >= 0.6 is 0 Å². The van der Waals surface area contributed by atoms with Gasteiger partial charge in [-0.3, -0.25) is 4.79 Å². The number of amides is 1. The molecule has 0 saturated carbocycles. The third kappa shape index (κ3) is 7.33. The van der Waals surface area contributed by atoms with Gasteiger partial charge in [-0.2, -0.15) is 0 Å². The smallest absolute Gasteiger partial charge is 0.545 e. The van der Waals surface area contributed by atoms with Crippen LogP contribution in [-0.4, -0.2) is 30.4 Å². The van der Waals surface area contributed by atoms with Crippen LogP contribution in [0.4, 0.5) is 0 Å². The average molecular weight is 492 g/mol. The second kappa shape index (κ2) is 13.4. The summed E-state index contributed by atoms with van der Waals surface area (Å²) in [5.74, 6) is -0.452. The summed E-state index contributed by atoms with van der Waals surface area (Å²) in [6, 6.07) is 22.0. The summed E-state index contributed by atoms with van der Waals surface area (Å²) in [4.78, 5) is 26.3. The summed E-state index contributed by atoms with van der Waals surface area (Å²) in [5, 5.41) is 11.0. The van der Waals surface area contributed by atoms with E-state index in [0.29, 0.717) is 18.7 Å². The average Bonchev–Trinajstić information content (AvgIpc) is 2.91. The van der Waals surface area contributed by atoms with Gasteiger partial charge in [-0.15, -0.1) is 0 Å². The number of rotatable bonds is 9. The van der Waals surface area contributed by atoms with Gasteiger partial charge in [-0.1, -0.05) is 60.2 Å². The van der Waals surface area contributed by atoms with Gasteiger partial charge in [-0.05, 0) is 78.6 Å². The molecular weight excluding hydrogens is 461 g/mol. The predicted octanol–water partition coefficient (Wildman–Crippen LogP) is 2.26. The minimum Gasteiger partial charge on any atom is -0.545 e.